The Morgan fingerprint density at radius 2 is 0.594 bits per heavy atom. The van der Waals surface area contributed by atoms with E-state index in [1.807, 2.05) is 0 Å². The number of allylic oxidation sites excluding steroid dienone is 4. The summed E-state index contributed by atoms with van der Waals surface area (Å²) in [5, 5.41) is 0. The molecule has 0 heterocycles. The Morgan fingerprint density at radius 1 is 0.375 bits per heavy atom. The summed E-state index contributed by atoms with van der Waals surface area (Å²) in [6, 6.07) is 0. The minimum Gasteiger partial charge on any atom is -0.0652 e. The zero-order valence-corrected chi connectivity index (χ0v) is 25.1. The van der Waals surface area contributed by atoms with Crippen LogP contribution in [0, 0.1) is 0 Å². The van der Waals surface area contributed by atoms with Gasteiger partial charge in [0.05, 0.1) is 49.3 Å². The SMILES string of the molecule is CCCC[P+](CC=CC=CC[P+](CCCC)(CCCC)CCCC)(CCCC)CCCC. The summed E-state index contributed by atoms with van der Waals surface area (Å²) in [5.41, 5.74) is 0. The van der Waals surface area contributed by atoms with Gasteiger partial charge in [-0.25, -0.2) is 0 Å². The number of rotatable bonds is 23. The highest BCUT2D eigenvalue weighted by molar-refractivity contribution is 7.76. The highest BCUT2D eigenvalue weighted by atomic mass is 31.2. The molecule has 0 aliphatic rings. The molecule has 0 aromatic carbocycles. The minimum atomic E-state index is -0.785. The summed E-state index contributed by atoms with van der Waals surface area (Å²) in [6.45, 7) is 14.2. The van der Waals surface area contributed by atoms with Gasteiger partial charge in [-0.15, -0.1) is 0 Å². The molecule has 0 aromatic heterocycles. The van der Waals surface area contributed by atoms with Gasteiger partial charge in [-0.3, -0.25) is 0 Å². The molecule has 0 fully saturated rings. The molecule has 190 valence electrons. The number of hydrogen-bond donors (Lipinski definition) is 0. The Hall–Kier alpha value is 0.340. The summed E-state index contributed by atoms with van der Waals surface area (Å²) in [5.74, 6) is 0. The molecule has 0 N–H and O–H groups in total. The van der Waals surface area contributed by atoms with Crippen molar-refractivity contribution in [1.82, 2.24) is 0 Å². The zero-order chi connectivity index (χ0) is 24.0. The Bertz CT molecular complexity index is 366. The second-order valence-corrected chi connectivity index (χ2v) is 19.1. The highest BCUT2D eigenvalue weighted by Gasteiger charge is 2.35. The third-order valence-corrected chi connectivity index (χ3v) is 16.8. The molecule has 0 rings (SSSR count). The smallest absolute Gasteiger partial charge is 0.0652 e. The lowest BCUT2D eigenvalue weighted by molar-refractivity contribution is 0.835. The monoisotopic (exact) mass is 484 g/mol. The van der Waals surface area contributed by atoms with Crippen LogP contribution in [0.25, 0.3) is 0 Å². The standard InChI is InChI=1S/C30H62P2/c1-7-13-23-31(24-14-8-2,25-15-9-3)29-21-19-20-22-30-32(26-16-10-4,27-17-11-5)28-18-12-6/h19-22H,7-18,23-30H2,1-6H3/q+2. The van der Waals surface area contributed by atoms with E-state index in [1.165, 1.54) is 126 Å². The van der Waals surface area contributed by atoms with Gasteiger partial charge in [-0.1, -0.05) is 92.2 Å². The van der Waals surface area contributed by atoms with E-state index in [4.69, 9.17) is 0 Å². The molecule has 0 amide bonds. The molecule has 0 atom stereocenters. The van der Waals surface area contributed by atoms with Crippen molar-refractivity contribution in [2.24, 2.45) is 0 Å². The summed E-state index contributed by atoms with van der Waals surface area (Å²) in [6.07, 6.45) is 38.9. The van der Waals surface area contributed by atoms with Crippen molar-refractivity contribution < 1.29 is 0 Å². The van der Waals surface area contributed by atoms with Crippen LogP contribution in [0.15, 0.2) is 24.3 Å². The summed E-state index contributed by atoms with van der Waals surface area (Å²) < 4.78 is 0. The van der Waals surface area contributed by atoms with Gasteiger partial charge in [0.1, 0.15) is 0 Å². The van der Waals surface area contributed by atoms with Gasteiger partial charge in [-0.05, 0) is 50.7 Å². The first-order valence-electron chi connectivity index (χ1n) is 14.6. The molecular formula is C30H62P2+2. The first kappa shape index (κ1) is 32.3. The van der Waals surface area contributed by atoms with Gasteiger partial charge in [0, 0.05) is 14.5 Å². The zero-order valence-electron chi connectivity index (χ0n) is 23.3. The van der Waals surface area contributed by atoms with Gasteiger partial charge in [0.2, 0.25) is 0 Å². The largest absolute Gasteiger partial charge is 0.0776 e. The fraction of sp³-hybridized carbons (Fsp3) is 0.867. The van der Waals surface area contributed by atoms with Crippen molar-refractivity contribution in [2.45, 2.75) is 119 Å². The van der Waals surface area contributed by atoms with Crippen molar-refractivity contribution in [1.29, 1.82) is 0 Å². The predicted molar refractivity (Wildman–Crippen MR) is 161 cm³/mol. The first-order valence-corrected chi connectivity index (χ1v) is 19.6. The maximum Gasteiger partial charge on any atom is 0.0776 e. The molecule has 2 heteroatoms. The quantitative estimate of drug-likeness (QED) is 0.0999. The van der Waals surface area contributed by atoms with E-state index in [0.717, 1.165) is 0 Å². The molecule has 0 saturated carbocycles. The molecule has 0 spiro atoms. The first-order chi connectivity index (χ1) is 15.6. The van der Waals surface area contributed by atoms with Gasteiger partial charge in [0.25, 0.3) is 0 Å². The van der Waals surface area contributed by atoms with Crippen LogP contribution in [0.3, 0.4) is 0 Å². The van der Waals surface area contributed by atoms with Crippen LogP contribution in [-0.4, -0.2) is 49.3 Å². The summed E-state index contributed by atoms with van der Waals surface area (Å²) >= 11 is 0. The third kappa shape index (κ3) is 15.3. The van der Waals surface area contributed by atoms with E-state index in [0.29, 0.717) is 0 Å². The topological polar surface area (TPSA) is 0 Å². The molecule has 0 radical (unpaired) electrons. The molecule has 32 heavy (non-hydrogen) atoms. The fourth-order valence-corrected chi connectivity index (χ4v) is 14.4. The number of unbranched alkanes of at least 4 members (excludes halogenated alkanes) is 6. The van der Waals surface area contributed by atoms with E-state index in [-0.39, 0.29) is 0 Å². The van der Waals surface area contributed by atoms with Gasteiger partial charge < -0.3 is 0 Å². The molecular weight excluding hydrogens is 422 g/mol. The normalized spacial score (nSPS) is 13.1. The van der Waals surface area contributed by atoms with Crippen LogP contribution in [-0.2, 0) is 0 Å². The van der Waals surface area contributed by atoms with Crippen molar-refractivity contribution >= 4 is 14.5 Å². The Kier molecular flexibility index (Phi) is 22.1. The number of hydrogen-bond acceptors (Lipinski definition) is 0. The van der Waals surface area contributed by atoms with Crippen molar-refractivity contribution in [3.8, 4) is 0 Å². The van der Waals surface area contributed by atoms with Crippen molar-refractivity contribution in [2.75, 3.05) is 49.3 Å². The Labute approximate surface area is 206 Å². The minimum absolute atomic E-state index is 0.785. The molecule has 0 aromatic rings. The average molecular weight is 485 g/mol. The summed E-state index contributed by atoms with van der Waals surface area (Å²) in [4.78, 5) is 0. The highest BCUT2D eigenvalue weighted by Crippen LogP contribution is 2.61. The third-order valence-electron chi connectivity index (χ3n) is 7.28. The molecule has 0 aliphatic heterocycles. The molecule has 0 saturated heterocycles. The van der Waals surface area contributed by atoms with E-state index in [2.05, 4.69) is 65.8 Å². The van der Waals surface area contributed by atoms with Crippen LogP contribution >= 0.6 is 14.5 Å². The maximum atomic E-state index is 2.58. The average Bonchev–Trinajstić information content (AvgIpc) is 2.82. The van der Waals surface area contributed by atoms with E-state index >= 15 is 0 Å². The lowest BCUT2D eigenvalue weighted by atomic mass is 10.4. The van der Waals surface area contributed by atoms with E-state index in [9.17, 15) is 0 Å². The van der Waals surface area contributed by atoms with Crippen LogP contribution in [0.4, 0.5) is 0 Å². The van der Waals surface area contributed by atoms with Crippen molar-refractivity contribution in [3.63, 3.8) is 0 Å². The fourth-order valence-electron chi connectivity index (χ4n) is 4.91. The molecule has 0 aliphatic carbocycles. The van der Waals surface area contributed by atoms with Crippen molar-refractivity contribution in [3.05, 3.63) is 24.3 Å². The van der Waals surface area contributed by atoms with Crippen LogP contribution < -0.4 is 0 Å². The second-order valence-electron chi connectivity index (χ2n) is 10.4. The predicted octanol–water partition coefficient (Wildman–Crippen LogP) is 10.9. The van der Waals surface area contributed by atoms with Crippen LogP contribution in [0.2, 0.25) is 0 Å². The molecule has 0 nitrogen and oxygen atoms in total. The van der Waals surface area contributed by atoms with Gasteiger partial charge >= 0.3 is 0 Å². The Balaban J connectivity index is 5.14. The lowest BCUT2D eigenvalue weighted by Crippen LogP contribution is -2.12. The van der Waals surface area contributed by atoms with E-state index < -0.39 is 14.5 Å². The van der Waals surface area contributed by atoms with Crippen LogP contribution in [0.5, 0.6) is 0 Å². The Morgan fingerprint density at radius 3 is 0.781 bits per heavy atom. The molecule has 0 bridgehead atoms. The van der Waals surface area contributed by atoms with E-state index in [1.54, 1.807) is 0 Å². The van der Waals surface area contributed by atoms with Gasteiger partial charge in [-0.2, -0.15) is 0 Å². The molecule has 0 unspecified atom stereocenters. The lowest BCUT2D eigenvalue weighted by Gasteiger charge is -2.27. The van der Waals surface area contributed by atoms with Crippen LogP contribution in [0.1, 0.15) is 119 Å². The second kappa shape index (κ2) is 21.8. The van der Waals surface area contributed by atoms with Gasteiger partial charge in [0.15, 0.2) is 0 Å². The maximum absolute atomic E-state index is 2.58. The summed E-state index contributed by atoms with van der Waals surface area (Å²) in [7, 11) is -1.57.